The average Bonchev–Trinajstić information content (AvgIpc) is 2.24. The standard InChI is InChI=1S/C12H22O3/c1-2-3-4-6-11(14)8-9-12(15)7-5-10-13/h13H,2-10H2,1H3. The van der Waals surface area contributed by atoms with Crippen molar-refractivity contribution in [1.29, 1.82) is 0 Å². The molecule has 3 nitrogen and oxygen atoms in total. The van der Waals surface area contributed by atoms with Crippen molar-refractivity contribution in [2.24, 2.45) is 0 Å². The Morgan fingerprint density at radius 2 is 1.40 bits per heavy atom. The third kappa shape index (κ3) is 9.60. The van der Waals surface area contributed by atoms with Crippen molar-refractivity contribution < 1.29 is 14.7 Å². The Hall–Kier alpha value is -0.700. The van der Waals surface area contributed by atoms with Crippen LogP contribution in [0, 0.1) is 0 Å². The fraction of sp³-hybridized carbons (Fsp3) is 0.833. The number of rotatable bonds is 10. The van der Waals surface area contributed by atoms with Gasteiger partial charge in [-0.2, -0.15) is 0 Å². The van der Waals surface area contributed by atoms with E-state index >= 15 is 0 Å². The van der Waals surface area contributed by atoms with Crippen molar-refractivity contribution in [2.75, 3.05) is 6.61 Å². The van der Waals surface area contributed by atoms with E-state index in [2.05, 4.69) is 6.92 Å². The number of ketones is 2. The zero-order valence-corrected chi connectivity index (χ0v) is 9.63. The first-order valence-corrected chi connectivity index (χ1v) is 5.85. The molecule has 88 valence electrons. The number of unbranched alkanes of at least 4 members (excludes halogenated alkanes) is 2. The third-order valence-corrected chi connectivity index (χ3v) is 2.36. The SMILES string of the molecule is CCCCCC(=O)CCC(=O)CCCO. The first-order chi connectivity index (χ1) is 7.20. The Kier molecular flexibility index (Phi) is 9.38. The van der Waals surface area contributed by atoms with Crippen LogP contribution < -0.4 is 0 Å². The number of hydrogen-bond acceptors (Lipinski definition) is 3. The van der Waals surface area contributed by atoms with E-state index in [-0.39, 0.29) is 18.2 Å². The lowest BCUT2D eigenvalue weighted by molar-refractivity contribution is -0.124. The summed E-state index contributed by atoms with van der Waals surface area (Å²) in [5.41, 5.74) is 0. The van der Waals surface area contributed by atoms with E-state index in [9.17, 15) is 9.59 Å². The van der Waals surface area contributed by atoms with Gasteiger partial charge in [-0.05, 0) is 12.8 Å². The van der Waals surface area contributed by atoms with Gasteiger partial charge in [0.15, 0.2) is 0 Å². The molecule has 0 aliphatic rings. The molecule has 0 aromatic carbocycles. The average molecular weight is 214 g/mol. The Bertz CT molecular complexity index is 187. The topological polar surface area (TPSA) is 54.4 Å². The summed E-state index contributed by atoms with van der Waals surface area (Å²) < 4.78 is 0. The highest BCUT2D eigenvalue weighted by Gasteiger charge is 2.06. The Morgan fingerprint density at radius 3 is 1.87 bits per heavy atom. The highest BCUT2D eigenvalue weighted by molar-refractivity contribution is 5.85. The van der Waals surface area contributed by atoms with Gasteiger partial charge in [-0.1, -0.05) is 19.8 Å². The van der Waals surface area contributed by atoms with Gasteiger partial charge in [-0.3, -0.25) is 9.59 Å². The summed E-state index contributed by atoms with van der Waals surface area (Å²) in [6.07, 6.45) is 5.41. The molecule has 0 unspecified atom stereocenters. The molecule has 0 heterocycles. The van der Waals surface area contributed by atoms with Gasteiger partial charge >= 0.3 is 0 Å². The second kappa shape index (κ2) is 9.84. The van der Waals surface area contributed by atoms with E-state index in [1.54, 1.807) is 0 Å². The van der Waals surface area contributed by atoms with Crippen molar-refractivity contribution >= 4 is 11.6 Å². The molecule has 0 fully saturated rings. The molecule has 0 spiro atoms. The zero-order valence-electron chi connectivity index (χ0n) is 9.63. The van der Waals surface area contributed by atoms with Gasteiger partial charge in [0.05, 0.1) is 0 Å². The number of Topliss-reactive ketones (excluding diaryl/α,β-unsaturated/α-hetero) is 2. The van der Waals surface area contributed by atoms with Gasteiger partial charge in [-0.15, -0.1) is 0 Å². The van der Waals surface area contributed by atoms with E-state index in [1.165, 1.54) is 0 Å². The van der Waals surface area contributed by atoms with Crippen molar-refractivity contribution in [3.05, 3.63) is 0 Å². The number of aliphatic hydroxyl groups is 1. The van der Waals surface area contributed by atoms with Gasteiger partial charge in [0, 0.05) is 32.3 Å². The summed E-state index contributed by atoms with van der Waals surface area (Å²) in [4.78, 5) is 22.5. The molecule has 0 aromatic heterocycles. The molecule has 3 heteroatoms. The van der Waals surface area contributed by atoms with E-state index < -0.39 is 0 Å². The van der Waals surface area contributed by atoms with E-state index in [4.69, 9.17) is 5.11 Å². The predicted octanol–water partition coefficient (Wildman–Crippen LogP) is 2.26. The molecule has 0 amide bonds. The van der Waals surface area contributed by atoms with Crippen LogP contribution >= 0.6 is 0 Å². The van der Waals surface area contributed by atoms with Crippen molar-refractivity contribution in [3.8, 4) is 0 Å². The first-order valence-electron chi connectivity index (χ1n) is 5.85. The van der Waals surface area contributed by atoms with Crippen molar-refractivity contribution in [1.82, 2.24) is 0 Å². The van der Waals surface area contributed by atoms with Gasteiger partial charge in [0.1, 0.15) is 11.6 Å². The van der Waals surface area contributed by atoms with Crippen LogP contribution in [0.4, 0.5) is 0 Å². The molecule has 0 aliphatic heterocycles. The van der Waals surface area contributed by atoms with Crippen LogP contribution in [0.1, 0.15) is 58.3 Å². The summed E-state index contributed by atoms with van der Waals surface area (Å²) in [6, 6.07) is 0. The predicted molar refractivity (Wildman–Crippen MR) is 59.7 cm³/mol. The summed E-state index contributed by atoms with van der Waals surface area (Å²) >= 11 is 0. The maximum Gasteiger partial charge on any atom is 0.133 e. The normalized spacial score (nSPS) is 10.3. The monoisotopic (exact) mass is 214 g/mol. The van der Waals surface area contributed by atoms with Crippen LogP contribution in [0.15, 0.2) is 0 Å². The van der Waals surface area contributed by atoms with E-state index in [0.717, 1.165) is 19.3 Å². The Balaban J connectivity index is 3.40. The lowest BCUT2D eigenvalue weighted by Gasteiger charge is -2.00. The first kappa shape index (κ1) is 14.3. The minimum absolute atomic E-state index is 0.0518. The molecule has 0 saturated carbocycles. The summed E-state index contributed by atoms with van der Waals surface area (Å²) in [5, 5.41) is 8.52. The molecule has 0 rings (SSSR count). The molecule has 0 atom stereocenters. The van der Waals surface area contributed by atoms with Crippen LogP contribution in [0.5, 0.6) is 0 Å². The minimum atomic E-state index is 0.0518. The molecule has 1 N–H and O–H groups in total. The molecular formula is C12H22O3. The number of hydrogen-bond donors (Lipinski definition) is 1. The number of aliphatic hydroxyl groups excluding tert-OH is 1. The second-order valence-corrected chi connectivity index (χ2v) is 3.86. The minimum Gasteiger partial charge on any atom is -0.396 e. The molecule has 0 aliphatic carbocycles. The van der Waals surface area contributed by atoms with Crippen LogP contribution in [0.2, 0.25) is 0 Å². The molecule has 0 aromatic rings. The molecule has 15 heavy (non-hydrogen) atoms. The fourth-order valence-electron chi connectivity index (χ4n) is 1.38. The van der Waals surface area contributed by atoms with Gasteiger partial charge in [-0.25, -0.2) is 0 Å². The lowest BCUT2D eigenvalue weighted by Crippen LogP contribution is -2.04. The lowest BCUT2D eigenvalue weighted by atomic mass is 10.0. The molecule has 0 saturated heterocycles. The van der Waals surface area contributed by atoms with Crippen molar-refractivity contribution in [3.63, 3.8) is 0 Å². The van der Waals surface area contributed by atoms with Crippen molar-refractivity contribution in [2.45, 2.75) is 58.3 Å². The smallest absolute Gasteiger partial charge is 0.133 e. The largest absolute Gasteiger partial charge is 0.396 e. The molecule has 0 radical (unpaired) electrons. The number of carbonyl (C=O) groups is 2. The molecular weight excluding hydrogens is 192 g/mol. The van der Waals surface area contributed by atoms with E-state index in [1.807, 2.05) is 0 Å². The van der Waals surface area contributed by atoms with Gasteiger partial charge in [0.2, 0.25) is 0 Å². The summed E-state index contributed by atoms with van der Waals surface area (Å²) in [5.74, 6) is 0.286. The zero-order chi connectivity index (χ0) is 11.5. The maximum absolute atomic E-state index is 11.3. The summed E-state index contributed by atoms with van der Waals surface area (Å²) in [6.45, 7) is 2.15. The second-order valence-electron chi connectivity index (χ2n) is 3.86. The Labute approximate surface area is 91.9 Å². The van der Waals surface area contributed by atoms with Crippen LogP contribution in [-0.2, 0) is 9.59 Å². The summed E-state index contributed by atoms with van der Waals surface area (Å²) in [7, 11) is 0. The molecule has 0 bridgehead atoms. The third-order valence-electron chi connectivity index (χ3n) is 2.36. The highest BCUT2D eigenvalue weighted by atomic mass is 16.3. The quantitative estimate of drug-likeness (QED) is 0.567. The Morgan fingerprint density at radius 1 is 0.867 bits per heavy atom. The highest BCUT2D eigenvalue weighted by Crippen LogP contribution is 2.05. The number of carbonyl (C=O) groups excluding carboxylic acids is 2. The van der Waals surface area contributed by atoms with Crippen LogP contribution in [0.3, 0.4) is 0 Å². The van der Waals surface area contributed by atoms with E-state index in [0.29, 0.717) is 32.1 Å². The van der Waals surface area contributed by atoms with Gasteiger partial charge in [0.25, 0.3) is 0 Å². The van der Waals surface area contributed by atoms with Crippen LogP contribution in [0.25, 0.3) is 0 Å². The van der Waals surface area contributed by atoms with Crippen LogP contribution in [-0.4, -0.2) is 23.3 Å². The fourth-order valence-corrected chi connectivity index (χ4v) is 1.38. The van der Waals surface area contributed by atoms with Gasteiger partial charge < -0.3 is 5.11 Å². The maximum atomic E-state index is 11.3.